The maximum absolute atomic E-state index is 6.19. The summed E-state index contributed by atoms with van der Waals surface area (Å²) < 4.78 is 6.19. The number of benzene rings is 1. The van der Waals surface area contributed by atoms with Gasteiger partial charge in [0.05, 0.1) is 12.7 Å². The highest BCUT2D eigenvalue weighted by Gasteiger charge is 2.32. The lowest BCUT2D eigenvalue weighted by atomic mass is 9.71. The number of rotatable bonds is 5. The molecular weight excluding hydrogens is 246 g/mol. The summed E-state index contributed by atoms with van der Waals surface area (Å²) in [5.74, 6) is 0.777. The van der Waals surface area contributed by atoms with E-state index in [1.54, 1.807) is 0 Å². The molecule has 0 amide bonds. The van der Waals surface area contributed by atoms with E-state index < -0.39 is 0 Å². The summed E-state index contributed by atoms with van der Waals surface area (Å²) >= 11 is 0. The smallest absolute Gasteiger partial charge is 0.0720 e. The van der Waals surface area contributed by atoms with E-state index in [0.717, 1.165) is 19.1 Å². The molecule has 20 heavy (non-hydrogen) atoms. The van der Waals surface area contributed by atoms with Gasteiger partial charge in [0.1, 0.15) is 0 Å². The largest absolute Gasteiger partial charge is 0.374 e. The van der Waals surface area contributed by atoms with Crippen LogP contribution in [-0.4, -0.2) is 13.2 Å². The van der Waals surface area contributed by atoms with Gasteiger partial charge in [0.25, 0.3) is 0 Å². The summed E-state index contributed by atoms with van der Waals surface area (Å²) in [4.78, 5) is 0. The summed E-state index contributed by atoms with van der Waals surface area (Å²) in [7, 11) is 1.98. The highest BCUT2D eigenvalue weighted by molar-refractivity contribution is 5.22. The maximum Gasteiger partial charge on any atom is 0.0720 e. The van der Waals surface area contributed by atoms with Gasteiger partial charge in [0.2, 0.25) is 0 Å². The van der Waals surface area contributed by atoms with Crippen molar-refractivity contribution in [2.45, 2.75) is 59.3 Å². The van der Waals surface area contributed by atoms with Crippen LogP contribution in [0.4, 0.5) is 0 Å². The van der Waals surface area contributed by atoms with E-state index in [4.69, 9.17) is 4.74 Å². The number of nitrogens with one attached hydrogen (secondary N) is 1. The van der Waals surface area contributed by atoms with Crippen LogP contribution < -0.4 is 5.32 Å². The summed E-state index contributed by atoms with van der Waals surface area (Å²) in [6.07, 6.45) is 4.14. The van der Waals surface area contributed by atoms with Gasteiger partial charge in [0, 0.05) is 6.54 Å². The molecule has 1 aromatic rings. The Morgan fingerprint density at radius 3 is 2.70 bits per heavy atom. The molecule has 112 valence electrons. The minimum absolute atomic E-state index is 0.418. The van der Waals surface area contributed by atoms with Gasteiger partial charge in [-0.2, -0.15) is 0 Å². The topological polar surface area (TPSA) is 21.3 Å². The van der Waals surface area contributed by atoms with Crippen molar-refractivity contribution < 1.29 is 4.74 Å². The van der Waals surface area contributed by atoms with Gasteiger partial charge in [-0.3, -0.25) is 0 Å². The van der Waals surface area contributed by atoms with E-state index in [0.29, 0.717) is 11.5 Å². The van der Waals surface area contributed by atoms with Crippen LogP contribution in [0.25, 0.3) is 0 Å². The van der Waals surface area contributed by atoms with Crippen molar-refractivity contribution in [2.24, 2.45) is 11.3 Å². The Balaban J connectivity index is 1.90. The van der Waals surface area contributed by atoms with Gasteiger partial charge in [-0.15, -0.1) is 0 Å². The van der Waals surface area contributed by atoms with Gasteiger partial charge in [0.15, 0.2) is 0 Å². The number of hydrogen-bond acceptors (Lipinski definition) is 2. The van der Waals surface area contributed by atoms with Crippen LogP contribution in [0.15, 0.2) is 24.3 Å². The van der Waals surface area contributed by atoms with Crippen molar-refractivity contribution in [1.82, 2.24) is 5.32 Å². The van der Waals surface area contributed by atoms with E-state index in [2.05, 4.69) is 50.4 Å². The molecule has 2 unspecified atom stereocenters. The fraction of sp³-hybridized carbons (Fsp3) is 0.667. The fourth-order valence-electron chi connectivity index (χ4n) is 3.63. The molecule has 1 aromatic carbocycles. The Bertz CT molecular complexity index is 427. The minimum atomic E-state index is 0.418. The second-order valence-electron chi connectivity index (χ2n) is 7.20. The average Bonchev–Trinajstić information content (AvgIpc) is 2.35. The van der Waals surface area contributed by atoms with Crippen LogP contribution in [0, 0.1) is 11.3 Å². The van der Waals surface area contributed by atoms with Crippen LogP contribution in [0.5, 0.6) is 0 Å². The van der Waals surface area contributed by atoms with E-state index >= 15 is 0 Å². The van der Waals surface area contributed by atoms with Crippen LogP contribution >= 0.6 is 0 Å². The zero-order chi connectivity index (χ0) is 14.6. The molecule has 2 rings (SSSR count). The highest BCUT2D eigenvalue weighted by atomic mass is 16.5. The van der Waals surface area contributed by atoms with Gasteiger partial charge in [-0.25, -0.2) is 0 Å². The zero-order valence-corrected chi connectivity index (χ0v) is 13.4. The lowest BCUT2D eigenvalue weighted by Crippen LogP contribution is -2.32. The van der Waals surface area contributed by atoms with Gasteiger partial charge < -0.3 is 10.1 Å². The van der Waals surface area contributed by atoms with Crippen LogP contribution in [-0.2, 0) is 17.9 Å². The molecule has 1 saturated carbocycles. The first-order chi connectivity index (χ1) is 9.48. The predicted octanol–water partition coefficient (Wildman–Crippen LogP) is 4.14. The maximum atomic E-state index is 6.19. The Labute approximate surface area is 123 Å². The minimum Gasteiger partial charge on any atom is -0.374 e. The molecule has 0 aliphatic heterocycles. The average molecular weight is 275 g/mol. The first-order valence-electron chi connectivity index (χ1n) is 7.82. The summed E-state index contributed by atoms with van der Waals surface area (Å²) in [5, 5.41) is 3.19. The molecule has 0 spiro atoms. The third kappa shape index (κ3) is 4.60. The highest BCUT2D eigenvalue weighted by Crippen LogP contribution is 2.39. The Morgan fingerprint density at radius 1 is 1.25 bits per heavy atom. The second-order valence-corrected chi connectivity index (χ2v) is 7.20. The van der Waals surface area contributed by atoms with E-state index in [9.17, 15) is 0 Å². The van der Waals surface area contributed by atoms with Crippen molar-refractivity contribution in [2.75, 3.05) is 7.05 Å². The van der Waals surface area contributed by atoms with Gasteiger partial charge >= 0.3 is 0 Å². The standard InChI is InChI=1S/C18H29NO/c1-14-8-17(11-18(2,3)10-14)20-13-16-7-5-6-15(9-16)12-19-4/h5-7,9,14,17,19H,8,10-13H2,1-4H3. The molecule has 0 heterocycles. The van der Waals surface area contributed by atoms with Crippen molar-refractivity contribution in [3.8, 4) is 0 Å². The fourth-order valence-corrected chi connectivity index (χ4v) is 3.63. The zero-order valence-electron chi connectivity index (χ0n) is 13.4. The van der Waals surface area contributed by atoms with E-state index in [1.165, 1.54) is 30.4 Å². The first-order valence-corrected chi connectivity index (χ1v) is 7.82. The molecule has 1 aliphatic carbocycles. The third-order valence-corrected chi connectivity index (χ3v) is 4.20. The lowest BCUT2D eigenvalue weighted by molar-refractivity contribution is -0.0316. The Hall–Kier alpha value is -0.860. The van der Waals surface area contributed by atoms with Crippen molar-refractivity contribution >= 4 is 0 Å². The molecule has 0 aromatic heterocycles. The third-order valence-electron chi connectivity index (χ3n) is 4.20. The molecule has 1 fully saturated rings. The molecule has 0 bridgehead atoms. The molecule has 0 saturated heterocycles. The first kappa shape index (κ1) is 15.5. The Kier molecular flexibility index (Phi) is 5.22. The summed E-state index contributed by atoms with van der Waals surface area (Å²) in [5.41, 5.74) is 3.04. The van der Waals surface area contributed by atoms with Crippen LogP contribution in [0.3, 0.4) is 0 Å². The van der Waals surface area contributed by atoms with Gasteiger partial charge in [-0.1, -0.05) is 45.0 Å². The summed E-state index contributed by atoms with van der Waals surface area (Å²) in [6, 6.07) is 8.69. The normalized spacial score (nSPS) is 25.6. The molecule has 1 N–H and O–H groups in total. The second kappa shape index (κ2) is 6.73. The lowest BCUT2D eigenvalue weighted by Gasteiger charge is -2.38. The predicted molar refractivity (Wildman–Crippen MR) is 84.6 cm³/mol. The molecular formula is C18H29NO. The number of ether oxygens (including phenoxy) is 1. The molecule has 0 radical (unpaired) electrons. The van der Waals surface area contributed by atoms with Crippen LogP contribution in [0.2, 0.25) is 0 Å². The van der Waals surface area contributed by atoms with Crippen molar-refractivity contribution in [1.29, 1.82) is 0 Å². The molecule has 1 aliphatic rings. The van der Waals surface area contributed by atoms with E-state index in [1.807, 2.05) is 7.05 Å². The van der Waals surface area contributed by atoms with Crippen molar-refractivity contribution in [3.63, 3.8) is 0 Å². The summed E-state index contributed by atoms with van der Waals surface area (Å²) in [6.45, 7) is 8.75. The van der Waals surface area contributed by atoms with E-state index in [-0.39, 0.29) is 0 Å². The molecule has 2 heteroatoms. The quantitative estimate of drug-likeness (QED) is 0.872. The van der Waals surface area contributed by atoms with Gasteiger partial charge in [-0.05, 0) is 48.8 Å². The van der Waals surface area contributed by atoms with Crippen molar-refractivity contribution in [3.05, 3.63) is 35.4 Å². The molecule has 2 nitrogen and oxygen atoms in total. The monoisotopic (exact) mass is 275 g/mol. The molecule has 2 atom stereocenters. The number of hydrogen-bond donors (Lipinski definition) is 1. The Morgan fingerprint density at radius 2 is 2.00 bits per heavy atom. The van der Waals surface area contributed by atoms with Crippen LogP contribution in [0.1, 0.15) is 51.2 Å². The SMILES string of the molecule is CNCc1cccc(COC2CC(C)CC(C)(C)C2)c1.